The molecule has 2 aromatic carbocycles. The molecule has 5 nitrogen and oxygen atoms in total. The number of rotatable bonds is 6. The molecule has 25 heavy (non-hydrogen) atoms. The minimum absolute atomic E-state index is 0.0671. The van der Waals surface area contributed by atoms with E-state index < -0.39 is 10.0 Å². The summed E-state index contributed by atoms with van der Waals surface area (Å²) in [5.41, 5.74) is 2.17. The van der Waals surface area contributed by atoms with E-state index in [2.05, 4.69) is 25.5 Å². The topological polar surface area (TPSA) is 64.6 Å². The van der Waals surface area contributed by atoms with Crippen molar-refractivity contribution in [1.29, 1.82) is 0 Å². The Hall–Kier alpha value is -2.05. The summed E-state index contributed by atoms with van der Waals surface area (Å²) in [5.74, 6) is 0.860. The molecule has 0 aromatic heterocycles. The van der Waals surface area contributed by atoms with Gasteiger partial charge in [0.05, 0.1) is 19.1 Å². The lowest BCUT2D eigenvalue weighted by Crippen LogP contribution is -2.23. The summed E-state index contributed by atoms with van der Waals surface area (Å²) in [6.07, 6.45) is 0. The zero-order valence-electron chi connectivity index (χ0n) is 15.3. The van der Waals surface area contributed by atoms with E-state index in [9.17, 15) is 8.42 Å². The van der Waals surface area contributed by atoms with Crippen LogP contribution in [0.2, 0.25) is 0 Å². The summed E-state index contributed by atoms with van der Waals surface area (Å²) < 4.78 is 37.9. The molecule has 0 unspecified atom stereocenters. The third-order valence-electron chi connectivity index (χ3n) is 3.95. The van der Waals surface area contributed by atoms with Crippen molar-refractivity contribution < 1.29 is 17.9 Å². The van der Waals surface area contributed by atoms with Crippen LogP contribution in [0.15, 0.2) is 47.4 Å². The Morgan fingerprint density at radius 1 is 0.920 bits per heavy atom. The van der Waals surface area contributed by atoms with Crippen LogP contribution in [0.25, 0.3) is 0 Å². The predicted octanol–water partition coefficient (Wildman–Crippen LogP) is 3.48. The van der Waals surface area contributed by atoms with Crippen molar-refractivity contribution in [2.24, 2.45) is 0 Å². The fraction of sp³-hybridized carbons (Fsp3) is 0.368. The lowest BCUT2D eigenvalue weighted by molar-refractivity contribution is 0.354. The zero-order valence-corrected chi connectivity index (χ0v) is 16.1. The van der Waals surface area contributed by atoms with E-state index >= 15 is 0 Å². The molecule has 0 amide bonds. The molecule has 0 saturated carbocycles. The van der Waals surface area contributed by atoms with E-state index in [1.165, 1.54) is 31.9 Å². The molecule has 0 fully saturated rings. The van der Waals surface area contributed by atoms with Gasteiger partial charge in [0, 0.05) is 12.6 Å². The number of ether oxygens (including phenoxy) is 2. The molecule has 0 heterocycles. The van der Waals surface area contributed by atoms with Gasteiger partial charge in [-0.2, -0.15) is 0 Å². The van der Waals surface area contributed by atoms with Crippen molar-refractivity contribution in [2.75, 3.05) is 14.2 Å². The van der Waals surface area contributed by atoms with Crippen LogP contribution in [-0.4, -0.2) is 22.6 Å². The number of sulfonamides is 1. The molecule has 0 atom stereocenters. The summed E-state index contributed by atoms with van der Waals surface area (Å²) in [5, 5.41) is 0. The van der Waals surface area contributed by atoms with E-state index in [1.807, 2.05) is 24.3 Å². The normalized spacial score (nSPS) is 12.0. The maximum absolute atomic E-state index is 12.5. The van der Waals surface area contributed by atoms with E-state index in [0.29, 0.717) is 11.5 Å². The largest absolute Gasteiger partial charge is 0.493 e. The summed E-state index contributed by atoms with van der Waals surface area (Å²) in [7, 11) is -0.664. The predicted molar refractivity (Wildman–Crippen MR) is 98.7 cm³/mol. The fourth-order valence-electron chi connectivity index (χ4n) is 2.37. The second-order valence-electron chi connectivity index (χ2n) is 6.79. The van der Waals surface area contributed by atoms with Crippen LogP contribution >= 0.6 is 0 Å². The second kappa shape index (κ2) is 7.45. The van der Waals surface area contributed by atoms with Gasteiger partial charge in [-0.3, -0.25) is 0 Å². The van der Waals surface area contributed by atoms with E-state index in [1.54, 1.807) is 6.07 Å². The highest BCUT2D eigenvalue weighted by Crippen LogP contribution is 2.29. The molecule has 0 aliphatic carbocycles. The highest BCUT2D eigenvalue weighted by Gasteiger charge is 2.17. The van der Waals surface area contributed by atoms with Crippen molar-refractivity contribution in [3.63, 3.8) is 0 Å². The second-order valence-corrected chi connectivity index (χ2v) is 8.56. The lowest BCUT2D eigenvalue weighted by atomic mass is 9.87. The van der Waals surface area contributed by atoms with Crippen molar-refractivity contribution >= 4 is 10.0 Å². The number of hydrogen-bond donors (Lipinski definition) is 1. The van der Waals surface area contributed by atoms with Crippen LogP contribution in [0.5, 0.6) is 11.5 Å². The maximum atomic E-state index is 12.5. The molecular formula is C19H25NO4S. The summed E-state index contributed by atoms with van der Waals surface area (Å²) in [6, 6.07) is 12.5. The smallest absolute Gasteiger partial charge is 0.241 e. The zero-order chi connectivity index (χ0) is 18.7. The number of methoxy groups -OCH3 is 2. The van der Waals surface area contributed by atoms with Crippen LogP contribution in [0.3, 0.4) is 0 Å². The maximum Gasteiger partial charge on any atom is 0.241 e. The first-order valence-electron chi connectivity index (χ1n) is 7.98. The highest BCUT2D eigenvalue weighted by molar-refractivity contribution is 7.89. The monoisotopic (exact) mass is 363 g/mol. The molecule has 0 bridgehead atoms. The van der Waals surface area contributed by atoms with Crippen LogP contribution in [0.4, 0.5) is 0 Å². The molecule has 0 aliphatic heterocycles. The molecule has 0 radical (unpaired) electrons. The Bertz CT molecular complexity index is 821. The van der Waals surface area contributed by atoms with Crippen LogP contribution in [0.1, 0.15) is 31.9 Å². The van der Waals surface area contributed by atoms with Gasteiger partial charge in [-0.15, -0.1) is 0 Å². The average molecular weight is 363 g/mol. The third kappa shape index (κ3) is 4.74. The minimum Gasteiger partial charge on any atom is -0.493 e. The Balaban J connectivity index is 2.14. The molecule has 0 aliphatic rings. The van der Waals surface area contributed by atoms with Gasteiger partial charge in [0.15, 0.2) is 11.5 Å². The van der Waals surface area contributed by atoms with E-state index in [-0.39, 0.29) is 16.9 Å². The standard InChI is InChI=1S/C19H25NO4S/c1-19(2,3)15-8-6-14(7-9-15)13-20-25(21,22)16-10-11-17(23-4)18(12-16)24-5/h6-12,20H,13H2,1-5H3. The molecule has 6 heteroatoms. The van der Waals surface area contributed by atoms with Gasteiger partial charge in [-0.1, -0.05) is 45.0 Å². The summed E-state index contributed by atoms with van der Waals surface area (Å²) in [6.45, 7) is 6.65. The third-order valence-corrected chi connectivity index (χ3v) is 5.35. The molecule has 2 rings (SSSR count). The van der Waals surface area contributed by atoms with Gasteiger partial charge in [-0.05, 0) is 28.7 Å². The summed E-state index contributed by atoms with van der Waals surface area (Å²) in [4.78, 5) is 0.136. The van der Waals surface area contributed by atoms with Crippen molar-refractivity contribution in [3.8, 4) is 11.5 Å². The van der Waals surface area contributed by atoms with E-state index in [0.717, 1.165) is 5.56 Å². The average Bonchev–Trinajstić information content (AvgIpc) is 2.59. The molecule has 1 N–H and O–H groups in total. The Morgan fingerprint density at radius 3 is 2.04 bits per heavy atom. The van der Waals surface area contributed by atoms with Gasteiger partial charge < -0.3 is 9.47 Å². The number of benzene rings is 2. The van der Waals surface area contributed by atoms with Gasteiger partial charge in [0.25, 0.3) is 0 Å². The first-order valence-corrected chi connectivity index (χ1v) is 9.47. The van der Waals surface area contributed by atoms with Gasteiger partial charge in [0.1, 0.15) is 0 Å². The van der Waals surface area contributed by atoms with Crippen molar-refractivity contribution in [2.45, 2.75) is 37.6 Å². The van der Waals surface area contributed by atoms with Crippen LogP contribution < -0.4 is 14.2 Å². The first kappa shape index (κ1) is 19.3. The van der Waals surface area contributed by atoms with Gasteiger partial charge >= 0.3 is 0 Å². The molecule has 0 saturated heterocycles. The molecule has 2 aromatic rings. The Kier molecular flexibility index (Phi) is 5.75. The first-order chi connectivity index (χ1) is 11.7. The summed E-state index contributed by atoms with van der Waals surface area (Å²) >= 11 is 0. The fourth-order valence-corrected chi connectivity index (χ4v) is 3.40. The number of hydrogen-bond acceptors (Lipinski definition) is 4. The number of nitrogens with one attached hydrogen (secondary N) is 1. The van der Waals surface area contributed by atoms with Crippen molar-refractivity contribution in [3.05, 3.63) is 53.6 Å². The van der Waals surface area contributed by atoms with E-state index in [4.69, 9.17) is 9.47 Å². The molecule has 136 valence electrons. The van der Waals surface area contributed by atoms with Crippen molar-refractivity contribution in [1.82, 2.24) is 4.72 Å². The Morgan fingerprint density at radius 2 is 1.52 bits per heavy atom. The minimum atomic E-state index is -3.64. The van der Waals surface area contributed by atoms with Gasteiger partial charge in [-0.25, -0.2) is 13.1 Å². The Labute approximate surface area is 150 Å². The lowest BCUT2D eigenvalue weighted by Gasteiger charge is -2.19. The highest BCUT2D eigenvalue weighted by atomic mass is 32.2. The molecule has 0 spiro atoms. The van der Waals surface area contributed by atoms with Gasteiger partial charge in [0.2, 0.25) is 10.0 Å². The molecular weight excluding hydrogens is 338 g/mol. The quantitative estimate of drug-likeness (QED) is 0.853. The van der Waals surface area contributed by atoms with Crippen LogP contribution in [-0.2, 0) is 22.0 Å². The SMILES string of the molecule is COc1ccc(S(=O)(=O)NCc2ccc(C(C)(C)C)cc2)cc1OC. The van der Waals surface area contributed by atoms with Crippen LogP contribution in [0, 0.1) is 0 Å².